The molecule has 0 atom stereocenters. The molecule has 3 aromatic carbocycles. The van der Waals surface area contributed by atoms with E-state index in [0.717, 1.165) is 27.8 Å². The molecule has 5 nitrogen and oxygen atoms in total. The zero-order valence-electron chi connectivity index (χ0n) is 15.5. The number of hydrogen-bond donors (Lipinski definition) is 0. The summed E-state index contributed by atoms with van der Waals surface area (Å²) in [5, 5.41) is 9.77. The minimum absolute atomic E-state index is 0.353. The molecule has 0 radical (unpaired) electrons. The lowest BCUT2D eigenvalue weighted by Crippen LogP contribution is -2.03. The van der Waals surface area contributed by atoms with Crippen molar-refractivity contribution in [1.29, 1.82) is 0 Å². The van der Waals surface area contributed by atoms with Gasteiger partial charge in [0.25, 0.3) is 0 Å². The van der Waals surface area contributed by atoms with Crippen LogP contribution in [0.15, 0.2) is 100 Å². The lowest BCUT2D eigenvalue weighted by molar-refractivity contribution is 0.563. The van der Waals surface area contributed by atoms with Crippen molar-refractivity contribution in [3.8, 4) is 22.4 Å². The van der Waals surface area contributed by atoms with Crippen molar-refractivity contribution in [2.24, 2.45) is 0 Å². The Balaban J connectivity index is 1.48. The van der Waals surface area contributed by atoms with Crippen LogP contribution in [0.25, 0.3) is 33.4 Å². The highest BCUT2D eigenvalue weighted by atomic mass is 16.4. The molecule has 0 aliphatic heterocycles. The Bertz CT molecular complexity index is 1340. The van der Waals surface area contributed by atoms with E-state index in [1.165, 1.54) is 0 Å². The van der Waals surface area contributed by atoms with E-state index in [1.807, 2.05) is 84.9 Å². The second-order valence-corrected chi connectivity index (χ2v) is 6.81. The fraction of sp³-hybridized carbons (Fsp3) is 0.0417. The molecule has 0 aliphatic carbocycles. The molecule has 0 saturated carbocycles. The third-order valence-electron chi connectivity index (χ3n) is 4.82. The summed E-state index contributed by atoms with van der Waals surface area (Å²) in [7, 11) is 0. The van der Waals surface area contributed by atoms with Crippen molar-refractivity contribution in [3.05, 3.63) is 107 Å². The van der Waals surface area contributed by atoms with E-state index in [4.69, 9.17) is 4.42 Å². The fourth-order valence-electron chi connectivity index (χ4n) is 3.34. The van der Waals surface area contributed by atoms with Gasteiger partial charge in [0.2, 0.25) is 0 Å². The lowest BCUT2D eigenvalue weighted by Gasteiger charge is -2.04. The predicted molar refractivity (Wildman–Crippen MR) is 112 cm³/mol. The van der Waals surface area contributed by atoms with Crippen molar-refractivity contribution < 1.29 is 4.42 Å². The smallest absolute Gasteiger partial charge is 0.344 e. The lowest BCUT2D eigenvalue weighted by atomic mass is 10.0. The monoisotopic (exact) mass is 379 g/mol. The third kappa shape index (κ3) is 3.46. The Morgan fingerprint density at radius 3 is 2.38 bits per heavy atom. The minimum atomic E-state index is -0.353. The summed E-state index contributed by atoms with van der Waals surface area (Å²) >= 11 is 0. The first-order chi connectivity index (χ1) is 14.3. The molecular weight excluding hydrogens is 362 g/mol. The molecule has 0 unspecified atom stereocenters. The highest BCUT2D eigenvalue weighted by Gasteiger charge is 2.10. The molecule has 0 fully saturated rings. The van der Waals surface area contributed by atoms with Gasteiger partial charge in [0.15, 0.2) is 0 Å². The van der Waals surface area contributed by atoms with E-state index in [0.29, 0.717) is 17.7 Å². The Morgan fingerprint density at radius 1 is 0.828 bits per heavy atom. The van der Waals surface area contributed by atoms with Crippen LogP contribution in [-0.2, 0) is 6.54 Å². The zero-order valence-corrected chi connectivity index (χ0v) is 15.5. The molecule has 0 bridgehead atoms. The summed E-state index contributed by atoms with van der Waals surface area (Å²) < 4.78 is 5.60. The van der Waals surface area contributed by atoms with Crippen molar-refractivity contribution in [1.82, 2.24) is 15.0 Å². The molecule has 0 saturated heterocycles. The predicted octanol–water partition coefficient (Wildman–Crippen LogP) is 4.77. The average molecular weight is 379 g/mol. The summed E-state index contributed by atoms with van der Waals surface area (Å²) in [6.07, 6.45) is 1.72. The van der Waals surface area contributed by atoms with E-state index in [1.54, 1.807) is 11.0 Å². The van der Waals surface area contributed by atoms with Crippen LogP contribution in [0.4, 0.5) is 0 Å². The quantitative estimate of drug-likeness (QED) is 0.422. The Morgan fingerprint density at radius 2 is 1.59 bits per heavy atom. The highest BCUT2D eigenvalue weighted by molar-refractivity contribution is 5.85. The van der Waals surface area contributed by atoms with E-state index in [9.17, 15) is 4.79 Å². The van der Waals surface area contributed by atoms with Crippen LogP contribution in [0, 0.1) is 0 Å². The van der Waals surface area contributed by atoms with Gasteiger partial charge >= 0.3 is 5.63 Å². The molecule has 140 valence electrons. The van der Waals surface area contributed by atoms with Crippen LogP contribution in [0.5, 0.6) is 0 Å². The Labute approximate surface area is 166 Å². The molecule has 5 aromatic rings. The highest BCUT2D eigenvalue weighted by Crippen LogP contribution is 2.25. The first-order valence-electron chi connectivity index (χ1n) is 9.34. The fourth-order valence-corrected chi connectivity index (χ4v) is 3.34. The summed E-state index contributed by atoms with van der Waals surface area (Å²) in [6, 6.07) is 27.2. The molecule has 2 heterocycles. The molecule has 0 amide bonds. The van der Waals surface area contributed by atoms with Gasteiger partial charge in [-0.1, -0.05) is 72.8 Å². The van der Waals surface area contributed by atoms with Gasteiger partial charge in [-0.05, 0) is 23.3 Å². The Kier molecular flexibility index (Phi) is 4.26. The maximum absolute atomic E-state index is 12.5. The Hall–Kier alpha value is -3.99. The summed E-state index contributed by atoms with van der Waals surface area (Å²) in [5.74, 6) is 0. The van der Waals surface area contributed by atoms with Gasteiger partial charge in [-0.3, -0.25) is 0 Å². The summed E-state index contributed by atoms with van der Waals surface area (Å²) in [4.78, 5) is 14.1. The average Bonchev–Trinajstić information content (AvgIpc) is 3.22. The summed E-state index contributed by atoms with van der Waals surface area (Å²) in [5.41, 5.74) is 4.30. The maximum Gasteiger partial charge on any atom is 0.344 e. The van der Waals surface area contributed by atoms with Gasteiger partial charge in [-0.15, -0.1) is 0 Å². The maximum atomic E-state index is 12.5. The van der Waals surface area contributed by atoms with Crippen LogP contribution < -0.4 is 5.63 Å². The van der Waals surface area contributed by atoms with Gasteiger partial charge in [-0.25, -0.2) is 4.79 Å². The molecule has 0 aliphatic rings. The van der Waals surface area contributed by atoms with Crippen LogP contribution in [0.3, 0.4) is 0 Å². The van der Waals surface area contributed by atoms with Crippen LogP contribution >= 0.6 is 0 Å². The first kappa shape index (κ1) is 17.1. The number of nitrogens with zero attached hydrogens (tertiary/aromatic N) is 3. The number of hydrogen-bond acceptors (Lipinski definition) is 4. The number of rotatable bonds is 4. The van der Waals surface area contributed by atoms with Gasteiger partial charge < -0.3 is 4.42 Å². The van der Waals surface area contributed by atoms with Crippen molar-refractivity contribution in [2.75, 3.05) is 0 Å². The van der Waals surface area contributed by atoms with Gasteiger partial charge in [-0.2, -0.15) is 15.0 Å². The SMILES string of the molecule is O=c1oc2cc(-c3cnn(Cc4ccccc4)n3)ccc2cc1-c1ccccc1. The molecule has 29 heavy (non-hydrogen) atoms. The van der Waals surface area contributed by atoms with Crippen LogP contribution in [-0.4, -0.2) is 15.0 Å². The number of aromatic nitrogens is 3. The van der Waals surface area contributed by atoms with Crippen LogP contribution in [0.1, 0.15) is 5.56 Å². The van der Waals surface area contributed by atoms with Crippen molar-refractivity contribution in [2.45, 2.75) is 6.54 Å². The molecule has 2 aromatic heterocycles. The zero-order chi connectivity index (χ0) is 19.6. The van der Waals surface area contributed by atoms with Gasteiger partial charge in [0, 0.05) is 10.9 Å². The molecule has 0 spiro atoms. The van der Waals surface area contributed by atoms with E-state index in [2.05, 4.69) is 10.2 Å². The molecule has 0 N–H and O–H groups in total. The van der Waals surface area contributed by atoms with Gasteiger partial charge in [0.05, 0.1) is 18.3 Å². The molecule has 5 heteroatoms. The normalized spacial score (nSPS) is 11.0. The standard InChI is InChI=1S/C24H17N3O2/c28-24-21(18-9-5-2-6-10-18)13-20-12-11-19(14-23(20)29-24)22-15-25-27(26-22)16-17-7-3-1-4-8-17/h1-15H,16H2. The summed E-state index contributed by atoms with van der Waals surface area (Å²) in [6.45, 7) is 0.601. The van der Waals surface area contributed by atoms with E-state index < -0.39 is 0 Å². The van der Waals surface area contributed by atoms with Gasteiger partial charge in [0.1, 0.15) is 11.3 Å². The van der Waals surface area contributed by atoms with Crippen molar-refractivity contribution >= 4 is 11.0 Å². The second kappa shape index (κ2) is 7.20. The second-order valence-electron chi connectivity index (χ2n) is 6.81. The van der Waals surface area contributed by atoms with Crippen LogP contribution in [0.2, 0.25) is 0 Å². The third-order valence-corrected chi connectivity index (χ3v) is 4.82. The number of benzene rings is 3. The molecule has 5 rings (SSSR count). The first-order valence-corrected chi connectivity index (χ1v) is 9.34. The van der Waals surface area contributed by atoms with E-state index in [-0.39, 0.29) is 5.63 Å². The van der Waals surface area contributed by atoms with E-state index >= 15 is 0 Å². The largest absolute Gasteiger partial charge is 0.422 e. The number of fused-ring (bicyclic) bond motifs is 1. The molecular formula is C24H17N3O2. The van der Waals surface area contributed by atoms with Crippen molar-refractivity contribution in [3.63, 3.8) is 0 Å². The minimum Gasteiger partial charge on any atom is -0.422 e. The topological polar surface area (TPSA) is 60.9 Å².